The van der Waals surface area contributed by atoms with E-state index in [4.69, 9.17) is 5.73 Å². The first-order valence-corrected chi connectivity index (χ1v) is 10.0. The highest BCUT2D eigenvalue weighted by Crippen LogP contribution is 2.48. The van der Waals surface area contributed by atoms with Crippen LogP contribution < -0.4 is 10.6 Å². The van der Waals surface area contributed by atoms with E-state index in [1.807, 2.05) is 18.2 Å². The Morgan fingerprint density at radius 1 is 1.08 bits per heavy atom. The molecular formula is C17H21N3O2S2. The van der Waals surface area contributed by atoms with E-state index < -0.39 is 10.0 Å². The van der Waals surface area contributed by atoms with Crippen LogP contribution in [0.1, 0.15) is 6.42 Å². The molecule has 0 bridgehead atoms. The number of nitrogens with two attached hydrogens (primary N) is 1. The number of rotatable bonds is 5. The topological polar surface area (TPSA) is 66.6 Å². The van der Waals surface area contributed by atoms with Gasteiger partial charge in [-0.1, -0.05) is 23.9 Å². The average molecular weight is 364 g/mol. The number of fused-ring (bicyclic) bond motifs is 2. The molecule has 7 heteroatoms. The third-order valence-electron chi connectivity index (χ3n) is 3.96. The van der Waals surface area contributed by atoms with Gasteiger partial charge in [-0.05, 0) is 43.3 Å². The van der Waals surface area contributed by atoms with E-state index in [2.05, 4.69) is 17.0 Å². The molecule has 0 spiro atoms. The van der Waals surface area contributed by atoms with Crippen LogP contribution in [0.25, 0.3) is 0 Å². The molecule has 2 aromatic rings. The summed E-state index contributed by atoms with van der Waals surface area (Å²) in [5.41, 5.74) is 7.86. The number of hydrogen-bond donors (Lipinski definition) is 1. The van der Waals surface area contributed by atoms with Crippen LogP contribution in [0, 0.1) is 0 Å². The number of benzene rings is 2. The number of para-hydroxylation sites is 1. The van der Waals surface area contributed by atoms with E-state index in [0.29, 0.717) is 11.4 Å². The minimum Gasteiger partial charge on any atom is -0.340 e. The fraction of sp³-hybridized carbons (Fsp3) is 0.294. The van der Waals surface area contributed by atoms with Crippen LogP contribution in [-0.4, -0.2) is 39.9 Å². The highest BCUT2D eigenvalue weighted by Gasteiger charge is 2.25. The molecule has 0 atom stereocenters. The Balaban J connectivity index is 2.08. The van der Waals surface area contributed by atoms with E-state index >= 15 is 0 Å². The number of sulfonamides is 1. The number of hydrogen-bond acceptors (Lipinski definition) is 5. The molecule has 2 aromatic carbocycles. The SMILES string of the molecule is CN(C)S(=O)(=O)c1ccc2c(c1)Sc1ccccc1N2CCCN. The fourth-order valence-corrected chi connectivity index (χ4v) is 4.81. The minimum atomic E-state index is -3.44. The van der Waals surface area contributed by atoms with Gasteiger partial charge in [0.1, 0.15) is 0 Å². The molecule has 5 nitrogen and oxygen atoms in total. The highest BCUT2D eigenvalue weighted by atomic mass is 32.2. The first-order valence-electron chi connectivity index (χ1n) is 7.76. The lowest BCUT2D eigenvalue weighted by Crippen LogP contribution is -2.25. The Morgan fingerprint density at radius 2 is 1.79 bits per heavy atom. The van der Waals surface area contributed by atoms with Gasteiger partial charge in [-0.2, -0.15) is 0 Å². The Hall–Kier alpha value is -1.54. The number of anilines is 2. The molecule has 2 N–H and O–H groups in total. The van der Waals surface area contributed by atoms with Gasteiger partial charge in [0.15, 0.2) is 0 Å². The summed E-state index contributed by atoms with van der Waals surface area (Å²) in [6.07, 6.45) is 0.871. The van der Waals surface area contributed by atoms with Gasteiger partial charge in [0.25, 0.3) is 0 Å². The quantitative estimate of drug-likeness (QED) is 0.885. The molecule has 1 heterocycles. The van der Waals surface area contributed by atoms with Crippen molar-refractivity contribution < 1.29 is 8.42 Å². The van der Waals surface area contributed by atoms with E-state index in [1.54, 1.807) is 38.0 Å². The molecule has 1 aliphatic heterocycles. The third-order valence-corrected chi connectivity index (χ3v) is 6.89. The van der Waals surface area contributed by atoms with Crippen LogP contribution in [0.15, 0.2) is 57.2 Å². The van der Waals surface area contributed by atoms with Crippen molar-refractivity contribution in [3.05, 3.63) is 42.5 Å². The van der Waals surface area contributed by atoms with Crippen molar-refractivity contribution >= 4 is 33.2 Å². The second-order valence-electron chi connectivity index (χ2n) is 5.78. The van der Waals surface area contributed by atoms with Gasteiger partial charge in [0.05, 0.1) is 16.3 Å². The lowest BCUT2D eigenvalue weighted by molar-refractivity contribution is 0.520. The summed E-state index contributed by atoms with van der Waals surface area (Å²) >= 11 is 1.61. The summed E-state index contributed by atoms with van der Waals surface area (Å²) in [7, 11) is -0.348. The second-order valence-corrected chi connectivity index (χ2v) is 9.02. The zero-order valence-corrected chi connectivity index (χ0v) is 15.4. The van der Waals surface area contributed by atoms with E-state index in [1.165, 1.54) is 4.31 Å². The van der Waals surface area contributed by atoms with Gasteiger partial charge in [0.2, 0.25) is 10.0 Å². The zero-order chi connectivity index (χ0) is 17.3. The molecule has 0 saturated heterocycles. The maximum absolute atomic E-state index is 12.4. The smallest absolute Gasteiger partial charge is 0.242 e. The van der Waals surface area contributed by atoms with Crippen molar-refractivity contribution in [2.45, 2.75) is 21.1 Å². The van der Waals surface area contributed by atoms with Crippen LogP contribution in [0.3, 0.4) is 0 Å². The lowest BCUT2D eigenvalue weighted by atomic mass is 10.2. The molecule has 0 fully saturated rings. The van der Waals surface area contributed by atoms with Gasteiger partial charge in [-0.25, -0.2) is 12.7 Å². The summed E-state index contributed by atoms with van der Waals surface area (Å²) in [5, 5.41) is 0. The zero-order valence-electron chi connectivity index (χ0n) is 13.8. The van der Waals surface area contributed by atoms with Crippen molar-refractivity contribution in [1.29, 1.82) is 0 Å². The van der Waals surface area contributed by atoms with Gasteiger partial charge in [-0.3, -0.25) is 0 Å². The second kappa shape index (κ2) is 6.76. The largest absolute Gasteiger partial charge is 0.340 e. The van der Waals surface area contributed by atoms with Gasteiger partial charge < -0.3 is 10.6 Å². The average Bonchev–Trinajstić information content (AvgIpc) is 2.57. The standard InChI is InChI=1S/C17H21N3O2S2/c1-19(2)24(21,22)13-8-9-15-17(12-13)23-16-7-4-3-6-14(16)20(15)11-5-10-18/h3-4,6-9,12H,5,10-11,18H2,1-2H3. The van der Waals surface area contributed by atoms with Crippen molar-refractivity contribution in [2.75, 3.05) is 32.1 Å². The summed E-state index contributed by atoms with van der Waals surface area (Å²) in [6, 6.07) is 13.5. The Kier molecular flexibility index (Phi) is 4.87. The molecular weight excluding hydrogens is 342 g/mol. The molecule has 3 rings (SSSR count). The van der Waals surface area contributed by atoms with Crippen molar-refractivity contribution in [1.82, 2.24) is 4.31 Å². The fourth-order valence-electron chi connectivity index (χ4n) is 2.68. The Bertz CT molecular complexity index is 851. The van der Waals surface area contributed by atoms with E-state index in [0.717, 1.165) is 34.1 Å². The highest BCUT2D eigenvalue weighted by molar-refractivity contribution is 7.99. The minimum absolute atomic E-state index is 0.317. The first kappa shape index (κ1) is 17.3. The maximum atomic E-state index is 12.4. The molecule has 128 valence electrons. The van der Waals surface area contributed by atoms with Crippen molar-refractivity contribution in [2.24, 2.45) is 5.73 Å². The molecule has 0 aromatic heterocycles. The first-order chi connectivity index (χ1) is 11.4. The Morgan fingerprint density at radius 3 is 2.50 bits per heavy atom. The van der Waals surface area contributed by atoms with Crippen LogP contribution in [0.2, 0.25) is 0 Å². The van der Waals surface area contributed by atoms with Crippen LogP contribution >= 0.6 is 11.8 Å². The Labute approximate surface area is 147 Å². The van der Waals surface area contributed by atoms with Crippen LogP contribution in [-0.2, 0) is 10.0 Å². The molecule has 1 aliphatic rings. The van der Waals surface area contributed by atoms with Gasteiger partial charge >= 0.3 is 0 Å². The van der Waals surface area contributed by atoms with Gasteiger partial charge in [0, 0.05) is 30.4 Å². The van der Waals surface area contributed by atoms with E-state index in [-0.39, 0.29) is 0 Å². The monoisotopic (exact) mass is 363 g/mol. The van der Waals surface area contributed by atoms with Crippen molar-refractivity contribution in [3.63, 3.8) is 0 Å². The molecule has 24 heavy (non-hydrogen) atoms. The van der Waals surface area contributed by atoms with Crippen LogP contribution in [0.5, 0.6) is 0 Å². The summed E-state index contributed by atoms with van der Waals surface area (Å²) in [4.78, 5) is 4.62. The third kappa shape index (κ3) is 3.04. The predicted molar refractivity (Wildman–Crippen MR) is 98.6 cm³/mol. The van der Waals surface area contributed by atoms with Gasteiger partial charge in [-0.15, -0.1) is 0 Å². The normalized spacial score (nSPS) is 13.8. The van der Waals surface area contributed by atoms with Crippen molar-refractivity contribution in [3.8, 4) is 0 Å². The summed E-state index contributed by atoms with van der Waals surface area (Å²) < 4.78 is 26.0. The lowest BCUT2D eigenvalue weighted by Gasteiger charge is -2.33. The predicted octanol–water partition coefficient (Wildman–Crippen LogP) is 2.89. The number of nitrogens with zero attached hydrogens (tertiary/aromatic N) is 2. The molecule has 0 amide bonds. The van der Waals surface area contributed by atoms with Crippen LogP contribution in [0.4, 0.5) is 11.4 Å². The summed E-state index contributed by atoms with van der Waals surface area (Å²) in [6.45, 7) is 1.43. The molecule has 0 unspecified atom stereocenters. The van der Waals surface area contributed by atoms with E-state index in [9.17, 15) is 8.42 Å². The maximum Gasteiger partial charge on any atom is 0.242 e. The summed E-state index contributed by atoms with van der Waals surface area (Å²) in [5.74, 6) is 0. The molecule has 0 aliphatic carbocycles. The molecule has 0 saturated carbocycles. The molecule has 0 radical (unpaired) electrons.